The van der Waals surface area contributed by atoms with Crippen LogP contribution in [0.25, 0.3) is 10.8 Å². The van der Waals surface area contributed by atoms with Gasteiger partial charge in [-0.25, -0.2) is 0 Å². The maximum Gasteiger partial charge on any atom is 0.152 e. The van der Waals surface area contributed by atoms with E-state index in [0.29, 0.717) is 0 Å². The average molecular weight is 408 g/mol. The van der Waals surface area contributed by atoms with E-state index in [4.69, 9.17) is 4.74 Å². The summed E-state index contributed by atoms with van der Waals surface area (Å²) in [5.41, 5.74) is 8.69. The predicted molar refractivity (Wildman–Crippen MR) is 132 cm³/mol. The SMILES string of the molecule is Cc1ccc2cc3c(cc2c1)N(c1c(C)cc(C(C)(C)C)cc1C)c1ccccc1O3. The zero-order chi connectivity index (χ0) is 21.9. The fourth-order valence-corrected chi connectivity index (χ4v) is 4.60. The predicted octanol–water partition coefficient (Wildman–Crippen LogP) is 8.64. The molecule has 0 bridgehead atoms. The largest absolute Gasteiger partial charge is 0.453 e. The number of anilines is 3. The third-order valence-electron chi connectivity index (χ3n) is 6.22. The lowest BCUT2D eigenvalue weighted by atomic mass is 9.84. The molecule has 0 aromatic heterocycles. The Labute approximate surface area is 185 Å². The van der Waals surface area contributed by atoms with E-state index in [1.54, 1.807) is 0 Å². The fourth-order valence-electron chi connectivity index (χ4n) is 4.60. The van der Waals surface area contributed by atoms with E-state index in [1.165, 1.54) is 38.7 Å². The first-order valence-electron chi connectivity index (χ1n) is 11.0. The van der Waals surface area contributed by atoms with Gasteiger partial charge < -0.3 is 9.64 Å². The van der Waals surface area contributed by atoms with Gasteiger partial charge in [-0.1, -0.05) is 68.8 Å². The number of rotatable bonds is 1. The lowest BCUT2D eigenvalue weighted by molar-refractivity contribution is 0.477. The molecule has 1 aliphatic rings. The number of benzene rings is 4. The van der Waals surface area contributed by atoms with Gasteiger partial charge in [0, 0.05) is 0 Å². The number of nitrogens with zero attached hydrogens (tertiary/aromatic N) is 1. The standard InChI is InChI=1S/C29H29NO/c1-18-11-12-21-17-27-25(16-22(21)13-18)30(24-9-7-8-10-26(24)31-27)28-19(2)14-23(15-20(28)3)29(4,5)6/h7-17H,1-6H3. The van der Waals surface area contributed by atoms with Gasteiger partial charge in [-0.3, -0.25) is 0 Å². The van der Waals surface area contributed by atoms with E-state index in [9.17, 15) is 0 Å². The Bertz CT molecular complexity index is 1300. The summed E-state index contributed by atoms with van der Waals surface area (Å²) in [5, 5.41) is 2.42. The molecule has 0 saturated heterocycles. The van der Waals surface area contributed by atoms with Crippen molar-refractivity contribution in [1.29, 1.82) is 0 Å². The summed E-state index contributed by atoms with van der Waals surface area (Å²) in [5.74, 6) is 1.79. The summed E-state index contributed by atoms with van der Waals surface area (Å²) in [7, 11) is 0. The number of aryl methyl sites for hydroxylation is 3. The van der Waals surface area contributed by atoms with Gasteiger partial charge in [-0.05, 0) is 77.9 Å². The Morgan fingerprint density at radius 1 is 0.677 bits per heavy atom. The molecule has 0 spiro atoms. The van der Waals surface area contributed by atoms with Crippen LogP contribution in [0.5, 0.6) is 11.5 Å². The molecule has 2 nitrogen and oxygen atoms in total. The Morgan fingerprint density at radius 3 is 2.10 bits per heavy atom. The van der Waals surface area contributed by atoms with Gasteiger partial charge in [0.1, 0.15) is 0 Å². The Balaban J connectivity index is 1.80. The van der Waals surface area contributed by atoms with E-state index in [1.807, 2.05) is 6.07 Å². The molecule has 0 N–H and O–H groups in total. The molecule has 4 aromatic rings. The summed E-state index contributed by atoms with van der Waals surface area (Å²) < 4.78 is 6.38. The molecule has 31 heavy (non-hydrogen) atoms. The molecular formula is C29H29NO. The summed E-state index contributed by atoms with van der Waals surface area (Å²) in [6.07, 6.45) is 0. The third-order valence-corrected chi connectivity index (χ3v) is 6.22. The van der Waals surface area contributed by atoms with E-state index < -0.39 is 0 Å². The van der Waals surface area contributed by atoms with Gasteiger partial charge in [0.05, 0.1) is 17.1 Å². The lowest BCUT2D eigenvalue weighted by Gasteiger charge is -2.35. The molecule has 1 aliphatic heterocycles. The highest BCUT2D eigenvalue weighted by molar-refractivity contribution is 5.96. The van der Waals surface area contributed by atoms with Crippen molar-refractivity contribution in [3.8, 4) is 11.5 Å². The molecule has 0 unspecified atom stereocenters. The van der Waals surface area contributed by atoms with E-state index >= 15 is 0 Å². The van der Waals surface area contributed by atoms with Crippen LogP contribution in [0.2, 0.25) is 0 Å². The van der Waals surface area contributed by atoms with E-state index in [0.717, 1.165) is 22.9 Å². The maximum atomic E-state index is 6.38. The molecule has 1 heterocycles. The Hall–Kier alpha value is -3.26. The molecule has 0 aliphatic carbocycles. The molecule has 0 fully saturated rings. The Morgan fingerprint density at radius 2 is 1.39 bits per heavy atom. The van der Waals surface area contributed by atoms with Crippen LogP contribution >= 0.6 is 0 Å². The summed E-state index contributed by atoms with van der Waals surface area (Å²) in [4.78, 5) is 2.38. The monoisotopic (exact) mass is 407 g/mol. The van der Waals surface area contributed by atoms with Crippen molar-refractivity contribution in [3.05, 3.63) is 89.0 Å². The number of hydrogen-bond acceptors (Lipinski definition) is 2. The fraction of sp³-hybridized carbons (Fsp3) is 0.241. The number of hydrogen-bond donors (Lipinski definition) is 0. The molecule has 0 saturated carbocycles. The van der Waals surface area contributed by atoms with Gasteiger partial charge >= 0.3 is 0 Å². The van der Waals surface area contributed by atoms with E-state index in [-0.39, 0.29) is 5.41 Å². The van der Waals surface area contributed by atoms with Crippen LogP contribution in [0.4, 0.5) is 17.1 Å². The third kappa shape index (κ3) is 3.27. The van der Waals surface area contributed by atoms with Crippen molar-refractivity contribution in [3.63, 3.8) is 0 Å². The lowest BCUT2D eigenvalue weighted by Crippen LogP contribution is -2.19. The minimum Gasteiger partial charge on any atom is -0.453 e. The first-order valence-corrected chi connectivity index (χ1v) is 11.0. The topological polar surface area (TPSA) is 12.5 Å². The van der Waals surface area contributed by atoms with Crippen molar-refractivity contribution in [2.24, 2.45) is 0 Å². The molecule has 5 rings (SSSR count). The first kappa shape index (κ1) is 19.7. The van der Waals surface area contributed by atoms with E-state index in [2.05, 4.69) is 107 Å². The Kier molecular flexibility index (Phi) is 4.37. The van der Waals surface area contributed by atoms with Crippen molar-refractivity contribution in [2.75, 3.05) is 4.90 Å². The van der Waals surface area contributed by atoms with Gasteiger partial charge in [0.25, 0.3) is 0 Å². The maximum absolute atomic E-state index is 6.38. The highest BCUT2D eigenvalue weighted by Gasteiger charge is 2.29. The minimum absolute atomic E-state index is 0.114. The second-order valence-corrected chi connectivity index (χ2v) is 9.78. The molecule has 0 amide bonds. The number of ether oxygens (including phenoxy) is 1. The second-order valence-electron chi connectivity index (χ2n) is 9.78. The highest BCUT2D eigenvalue weighted by Crippen LogP contribution is 2.53. The van der Waals surface area contributed by atoms with Crippen LogP contribution < -0.4 is 9.64 Å². The average Bonchev–Trinajstić information content (AvgIpc) is 2.70. The van der Waals surface area contributed by atoms with Gasteiger partial charge in [-0.15, -0.1) is 0 Å². The van der Waals surface area contributed by atoms with Crippen molar-refractivity contribution in [1.82, 2.24) is 0 Å². The summed E-state index contributed by atoms with van der Waals surface area (Å²) in [6.45, 7) is 13.4. The second kappa shape index (κ2) is 6.88. The minimum atomic E-state index is 0.114. The van der Waals surface area contributed by atoms with Crippen molar-refractivity contribution < 1.29 is 4.74 Å². The molecule has 2 heteroatoms. The quantitative estimate of drug-likeness (QED) is 0.276. The number of fused-ring (bicyclic) bond motifs is 3. The van der Waals surface area contributed by atoms with Crippen molar-refractivity contribution in [2.45, 2.75) is 47.0 Å². The van der Waals surface area contributed by atoms with Gasteiger partial charge in [0.2, 0.25) is 0 Å². The molecular weight excluding hydrogens is 378 g/mol. The molecule has 0 atom stereocenters. The molecule has 0 radical (unpaired) electrons. The zero-order valence-electron chi connectivity index (χ0n) is 19.2. The van der Waals surface area contributed by atoms with Crippen LogP contribution in [0.1, 0.15) is 43.0 Å². The van der Waals surface area contributed by atoms with Crippen LogP contribution in [0.15, 0.2) is 66.7 Å². The van der Waals surface area contributed by atoms with Crippen LogP contribution in [0, 0.1) is 20.8 Å². The summed E-state index contributed by atoms with van der Waals surface area (Å²) in [6, 6.07) is 24.0. The first-order chi connectivity index (χ1) is 14.7. The van der Waals surface area contributed by atoms with Gasteiger partial charge in [-0.2, -0.15) is 0 Å². The zero-order valence-corrected chi connectivity index (χ0v) is 19.2. The van der Waals surface area contributed by atoms with Crippen LogP contribution in [-0.4, -0.2) is 0 Å². The molecule has 4 aromatic carbocycles. The van der Waals surface area contributed by atoms with Crippen molar-refractivity contribution >= 4 is 27.8 Å². The highest BCUT2D eigenvalue weighted by atomic mass is 16.5. The normalized spacial score (nSPS) is 13.0. The summed E-state index contributed by atoms with van der Waals surface area (Å²) >= 11 is 0. The smallest absolute Gasteiger partial charge is 0.152 e. The van der Waals surface area contributed by atoms with Gasteiger partial charge in [0.15, 0.2) is 11.5 Å². The number of para-hydroxylation sites is 2. The van der Waals surface area contributed by atoms with Crippen LogP contribution in [0.3, 0.4) is 0 Å². The molecule has 156 valence electrons. The van der Waals surface area contributed by atoms with Crippen LogP contribution in [-0.2, 0) is 5.41 Å².